The van der Waals surface area contributed by atoms with Crippen LogP contribution in [-0.4, -0.2) is 24.0 Å². The van der Waals surface area contributed by atoms with Crippen LogP contribution in [0.4, 0.5) is 0 Å². The first kappa shape index (κ1) is 21.1. The van der Waals surface area contributed by atoms with Crippen LogP contribution < -0.4 is 4.74 Å². The second kappa shape index (κ2) is 10.2. The Morgan fingerprint density at radius 2 is 2.07 bits per heavy atom. The van der Waals surface area contributed by atoms with Crippen molar-refractivity contribution in [3.8, 4) is 11.5 Å². The molecule has 5 nitrogen and oxygen atoms in total. The summed E-state index contributed by atoms with van der Waals surface area (Å²) < 4.78 is 17.7. The summed E-state index contributed by atoms with van der Waals surface area (Å²) in [5, 5.41) is 8.97. The van der Waals surface area contributed by atoms with E-state index in [1.807, 2.05) is 36.4 Å². The molecule has 1 N–H and O–H groups in total. The lowest BCUT2D eigenvalue weighted by atomic mass is 10.0. The van der Waals surface area contributed by atoms with E-state index in [0.717, 1.165) is 47.8 Å². The number of para-hydroxylation sites is 1. The molecule has 0 bridgehead atoms. The molecular weight excluding hydrogens is 368 g/mol. The molecule has 1 fully saturated rings. The zero-order chi connectivity index (χ0) is 20.6. The molecule has 0 spiro atoms. The Labute approximate surface area is 171 Å². The normalized spacial score (nSPS) is 17.0. The standard InChI is InChI=1S/C24H28O5/c1-17(2)21-7-3-4-8-22(21)29-20-12-10-18(11-13-23(25)26)19(15-20)16-28-24-9-5-6-14-27-24/h3-4,7-8,10-13,15,17,24H,5-6,9,14,16H2,1-2H3,(H,25,26)/b13-11+. The van der Waals surface area contributed by atoms with Gasteiger partial charge in [0.25, 0.3) is 0 Å². The largest absolute Gasteiger partial charge is 0.478 e. The maximum absolute atomic E-state index is 10.9. The van der Waals surface area contributed by atoms with Crippen LogP contribution in [0.5, 0.6) is 11.5 Å². The van der Waals surface area contributed by atoms with Gasteiger partial charge in [-0.15, -0.1) is 0 Å². The average molecular weight is 396 g/mol. The van der Waals surface area contributed by atoms with Crippen molar-refractivity contribution in [1.82, 2.24) is 0 Å². The summed E-state index contributed by atoms with van der Waals surface area (Å²) in [6.07, 6.45) is 5.51. The second-order valence-corrected chi connectivity index (χ2v) is 7.43. The van der Waals surface area contributed by atoms with Crippen molar-refractivity contribution in [2.75, 3.05) is 6.61 Å². The fourth-order valence-electron chi connectivity index (χ4n) is 3.30. The first-order valence-corrected chi connectivity index (χ1v) is 10.1. The Kier molecular flexibility index (Phi) is 7.44. The van der Waals surface area contributed by atoms with E-state index in [0.29, 0.717) is 24.9 Å². The average Bonchev–Trinajstić information content (AvgIpc) is 2.72. The van der Waals surface area contributed by atoms with E-state index in [4.69, 9.17) is 19.3 Å². The molecule has 0 aromatic heterocycles. The van der Waals surface area contributed by atoms with Crippen LogP contribution in [0, 0.1) is 0 Å². The van der Waals surface area contributed by atoms with Gasteiger partial charge in [0, 0.05) is 12.7 Å². The van der Waals surface area contributed by atoms with Gasteiger partial charge >= 0.3 is 5.97 Å². The first-order valence-electron chi connectivity index (χ1n) is 10.1. The van der Waals surface area contributed by atoms with Crippen molar-refractivity contribution in [2.24, 2.45) is 0 Å². The SMILES string of the molecule is CC(C)c1ccccc1Oc1ccc(/C=C/C(=O)O)c(COC2CCCCO2)c1. The zero-order valence-electron chi connectivity index (χ0n) is 17.0. The van der Waals surface area contributed by atoms with E-state index < -0.39 is 5.97 Å². The van der Waals surface area contributed by atoms with Crippen molar-refractivity contribution in [3.63, 3.8) is 0 Å². The Morgan fingerprint density at radius 1 is 1.24 bits per heavy atom. The molecule has 1 atom stereocenters. The van der Waals surface area contributed by atoms with Gasteiger partial charge in [0.2, 0.25) is 0 Å². The highest BCUT2D eigenvalue weighted by Gasteiger charge is 2.15. The lowest BCUT2D eigenvalue weighted by Gasteiger charge is -2.23. The number of carboxylic acid groups (broad SMARTS) is 1. The van der Waals surface area contributed by atoms with Gasteiger partial charge < -0.3 is 19.3 Å². The van der Waals surface area contributed by atoms with Gasteiger partial charge in [-0.2, -0.15) is 0 Å². The monoisotopic (exact) mass is 396 g/mol. The summed E-state index contributed by atoms with van der Waals surface area (Å²) in [6.45, 7) is 5.30. The highest BCUT2D eigenvalue weighted by molar-refractivity contribution is 5.85. The number of rotatable bonds is 8. The smallest absolute Gasteiger partial charge is 0.328 e. The highest BCUT2D eigenvalue weighted by Crippen LogP contribution is 2.32. The maximum Gasteiger partial charge on any atom is 0.328 e. The quantitative estimate of drug-likeness (QED) is 0.576. The number of carboxylic acids is 1. The molecule has 1 saturated heterocycles. The number of hydrogen-bond acceptors (Lipinski definition) is 4. The minimum atomic E-state index is -0.987. The van der Waals surface area contributed by atoms with Crippen molar-refractivity contribution in [1.29, 1.82) is 0 Å². The van der Waals surface area contributed by atoms with Crippen LogP contribution in [-0.2, 0) is 20.9 Å². The minimum absolute atomic E-state index is 0.216. The lowest BCUT2D eigenvalue weighted by Crippen LogP contribution is -2.22. The van der Waals surface area contributed by atoms with Crippen LogP contribution >= 0.6 is 0 Å². The predicted molar refractivity (Wildman–Crippen MR) is 112 cm³/mol. The van der Waals surface area contributed by atoms with E-state index in [9.17, 15) is 4.79 Å². The predicted octanol–water partition coefficient (Wildman–Crippen LogP) is 5.74. The van der Waals surface area contributed by atoms with Gasteiger partial charge in [0.05, 0.1) is 6.61 Å². The van der Waals surface area contributed by atoms with Crippen LogP contribution in [0.15, 0.2) is 48.5 Å². The van der Waals surface area contributed by atoms with Crippen LogP contribution in [0.25, 0.3) is 6.08 Å². The summed E-state index contributed by atoms with van der Waals surface area (Å²) in [5.41, 5.74) is 2.78. The maximum atomic E-state index is 10.9. The number of hydrogen-bond donors (Lipinski definition) is 1. The van der Waals surface area contributed by atoms with E-state index >= 15 is 0 Å². The molecule has 1 aliphatic rings. The van der Waals surface area contributed by atoms with Crippen molar-refractivity contribution in [3.05, 3.63) is 65.2 Å². The van der Waals surface area contributed by atoms with Gasteiger partial charge in [-0.3, -0.25) is 0 Å². The molecule has 1 unspecified atom stereocenters. The molecule has 0 amide bonds. The lowest BCUT2D eigenvalue weighted by molar-refractivity contribution is -0.168. The van der Waals surface area contributed by atoms with Gasteiger partial charge in [-0.05, 0) is 66.1 Å². The number of aliphatic carboxylic acids is 1. The van der Waals surface area contributed by atoms with Crippen molar-refractivity contribution in [2.45, 2.75) is 51.9 Å². The fraction of sp³-hybridized carbons (Fsp3) is 0.375. The van der Waals surface area contributed by atoms with Gasteiger partial charge in [0.15, 0.2) is 6.29 Å². The Bertz CT molecular complexity index is 850. The molecule has 29 heavy (non-hydrogen) atoms. The number of carbonyl (C=O) groups is 1. The fourth-order valence-corrected chi connectivity index (χ4v) is 3.30. The van der Waals surface area contributed by atoms with E-state index in [2.05, 4.69) is 19.9 Å². The highest BCUT2D eigenvalue weighted by atomic mass is 16.7. The Morgan fingerprint density at radius 3 is 2.79 bits per heavy atom. The van der Waals surface area contributed by atoms with Crippen molar-refractivity contribution >= 4 is 12.0 Å². The van der Waals surface area contributed by atoms with Crippen LogP contribution in [0.3, 0.4) is 0 Å². The Hall–Kier alpha value is -2.63. The Balaban J connectivity index is 1.82. The summed E-state index contributed by atoms with van der Waals surface area (Å²) in [4.78, 5) is 10.9. The molecule has 154 valence electrons. The molecule has 0 saturated carbocycles. The van der Waals surface area contributed by atoms with Gasteiger partial charge in [-0.1, -0.05) is 38.1 Å². The van der Waals surface area contributed by atoms with Crippen molar-refractivity contribution < 1.29 is 24.1 Å². The summed E-state index contributed by atoms with van der Waals surface area (Å²) in [5.74, 6) is 0.862. The number of ether oxygens (including phenoxy) is 3. The second-order valence-electron chi connectivity index (χ2n) is 7.43. The molecule has 2 aromatic rings. The summed E-state index contributed by atoms with van der Waals surface area (Å²) in [6, 6.07) is 13.6. The topological polar surface area (TPSA) is 65.0 Å². The third-order valence-electron chi connectivity index (χ3n) is 4.85. The zero-order valence-corrected chi connectivity index (χ0v) is 17.0. The molecule has 1 heterocycles. The van der Waals surface area contributed by atoms with E-state index in [1.54, 1.807) is 6.08 Å². The minimum Gasteiger partial charge on any atom is -0.478 e. The third-order valence-corrected chi connectivity index (χ3v) is 4.85. The third kappa shape index (κ3) is 6.17. The molecule has 3 rings (SSSR count). The molecule has 5 heteroatoms. The van der Waals surface area contributed by atoms with Gasteiger partial charge in [-0.25, -0.2) is 4.79 Å². The van der Waals surface area contributed by atoms with E-state index in [-0.39, 0.29) is 6.29 Å². The molecule has 0 radical (unpaired) electrons. The van der Waals surface area contributed by atoms with Crippen LogP contribution in [0.2, 0.25) is 0 Å². The molecule has 2 aromatic carbocycles. The van der Waals surface area contributed by atoms with Gasteiger partial charge in [0.1, 0.15) is 11.5 Å². The first-order chi connectivity index (χ1) is 14.0. The molecule has 1 aliphatic heterocycles. The summed E-state index contributed by atoms with van der Waals surface area (Å²) in [7, 11) is 0. The van der Waals surface area contributed by atoms with Crippen LogP contribution in [0.1, 0.15) is 55.7 Å². The molecular formula is C24H28O5. The molecule has 0 aliphatic carbocycles. The number of benzene rings is 2. The van der Waals surface area contributed by atoms with E-state index in [1.165, 1.54) is 0 Å². The summed E-state index contributed by atoms with van der Waals surface area (Å²) >= 11 is 0.